The number of nitrogens with zero attached hydrogens (tertiary/aromatic N) is 1. The zero-order chi connectivity index (χ0) is 12.3. The lowest BCUT2D eigenvalue weighted by molar-refractivity contribution is -0.141. The summed E-state index contributed by atoms with van der Waals surface area (Å²) in [5.74, 6) is 0.0879. The Bertz CT molecular complexity index is 308. The lowest BCUT2D eigenvalue weighted by Gasteiger charge is -2.20. The van der Waals surface area contributed by atoms with E-state index in [-0.39, 0.29) is 23.8 Å². The number of rotatable bonds is 5. The zero-order valence-electron chi connectivity index (χ0n) is 10.3. The molecule has 0 atom stereocenters. The average Bonchev–Trinajstić information content (AvgIpc) is 2.85. The van der Waals surface area contributed by atoms with E-state index in [1.807, 2.05) is 0 Å². The van der Waals surface area contributed by atoms with Gasteiger partial charge in [0.25, 0.3) is 0 Å². The predicted molar refractivity (Wildman–Crippen MR) is 63.2 cm³/mol. The smallest absolute Gasteiger partial charge is 0.235 e. The van der Waals surface area contributed by atoms with Crippen LogP contribution in [0.4, 0.5) is 0 Å². The SMILES string of the molecule is O=C1CC2(CCCC2)C(=O)N1CCCCCO. The standard InChI is InChI=1S/C13H21NO3/c15-9-5-1-4-8-14-11(16)10-13(12(14)17)6-2-3-7-13/h15H,1-10H2. The lowest BCUT2D eigenvalue weighted by atomic mass is 9.84. The van der Waals surface area contributed by atoms with Crippen molar-refractivity contribution in [3.05, 3.63) is 0 Å². The Morgan fingerprint density at radius 2 is 1.82 bits per heavy atom. The minimum absolute atomic E-state index is 0.0147. The quantitative estimate of drug-likeness (QED) is 0.584. The number of hydrogen-bond acceptors (Lipinski definition) is 3. The van der Waals surface area contributed by atoms with Crippen LogP contribution < -0.4 is 0 Å². The summed E-state index contributed by atoms with van der Waals surface area (Å²) in [5.41, 5.74) is -0.325. The molecule has 0 radical (unpaired) electrons. The molecule has 0 unspecified atom stereocenters. The predicted octanol–water partition coefficient (Wildman–Crippen LogP) is 1.47. The summed E-state index contributed by atoms with van der Waals surface area (Å²) in [4.78, 5) is 25.6. The van der Waals surface area contributed by atoms with Crippen molar-refractivity contribution >= 4 is 11.8 Å². The summed E-state index contributed by atoms with van der Waals surface area (Å²) in [5, 5.41) is 8.68. The largest absolute Gasteiger partial charge is 0.396 e. The Morgan fingerprint density at radius 3 is 2.47 bits per heavy atom. The maximum Gasteiger partial charge on any atom is 0.235 e. The molecule has 17 heavy (non-hydrogen) atoms. The molecule has 96 valence electrons. The summed E-state index contributed by atoms with van der Waals surface area (Å²) < 4.78 is 0. The molecule has 0 aromatic carbocycles. The van der Waals surface area contributed by atoms with E-state index in [1.54, 1.807) is 0 Å². The van der Waals surface area contributed by atoms with E-state index in [4.69, 9.17) is 5.11 Å². The first-order chi connectivity index (χ1) is 8.19. The maximum absolute atomic E-state index is 12.3. The minimum atomic E-state index is -0.325. The van der Waals surface area contributed by atoms with Crippen LogP contribution >= 0.6 is 0 Å². The minimum Gasteiger partial charge on any atom is -0.396 e. The highest BCUT2D eigenvalue weighted by Crippen LogP contribution is 2.46. The number of aliphatic hydroxyl groups is 1. The third kappa shape index (κ3) is 2.37. The molecule has 1 aliphatic heterocycles. The fourth-order valence-corrected chi connectivity index (χ4v) is 3.09. The molecule has 2 fully saturated rings. The van der Waals surface area contributed by atoms with Crippen LogP contribution in [0, 0.1) is 5.41 Å². The van der Waals surface area contributed by atoms with Crippen molar-refractivity contribution in [3.63, 3.8) is 0 Å². The van der Waals surface area contributed by atoms with Gasteiger partial charge in [-0.05, 0) is 32.1 Å². The normalized spacial score (nSPS) is 23.0. The molecule has 0 aromatic rings. The van der Waals surface area contributed by atoms with Crippen molar-refractivity contribution in [2.75, 3.05) is 13.2 Å². The number of likely N-dealkylation sites (tertiary alicyclic amines) is 1. The summed E-state index contributed by atoms with van der Waals surface area (Å²) in [6.45, 7) is 0.727. The number of imide groups is 1. The van der Waals surface area contributed by atoms with Crippen molar-refractivity contribution in [1.29, 1.82) is 0 Å². The van der Waals surface area contributed by atoms with Crippen LogP contribution in [-0.4, -0.2) is 35.0 Å². The van der Waals surface area contributed by atoms with Gasteiger partial charge in [0, 0.05) is 19.6 Å². The van der Waals surface area contributed by atoms with Gasteiger partial charge in [-0.15, -0.1) is 0 Å². The van der Waals surface area contributed by atoms with E-state index in [2.05, 4.69) is 0 Å². The molecule has 1 N–H and O–H groups in total. The van der Waals surface area contributed by atoms with Gasteiger partial charge in [-0.2, -0.15) is 0 Å². The van der Waals surface area contributed by atoms with Crippen LogP contribution in [-0.2, 0) is 9.59 Å². The van der Waals surface area contributed by atoms with Gasteiger partial charge in [0.05, 0.1) is 5.41 Å². The van der Waals surface area contributed by atoms with Crippen LogP contribution in [0.1, 0.15) is 51.4 Å². The van der Waals surface area contributed by atoms with Crippen LogP contribution in [0.15, 0.2) is 0 Å². The zero-order valence-corrected chi connectivity index (χ0v) is 10.3. The number of unbranched alkanes of at least 4 members (excludes halogenated alkanes) is 2. The van der Waals surface area contributed by atoms with E-state index in [0.717, 1.165) is 44.9 Å². The highest BCUT2D eigenvalue weighted by Gasteiger charge is 2.52. The second-order valence-corrected chi connectivity index (χ2v) is 5.30. The van der Waals surface area contributed by atoms with Crippen molar-refractivity contribution in [1.82, 2.24) is 4.90 Å². The first-order valence-corrected chi connectivity index (χ1v) is 6.65. The highest BCUT2D eigenvalue weighted by atomic mass is 16.3. The number of hydrogen-bond donors (Lipinski definition) is 1. The van der Waals surface area contributed by atoms with Crippen molar-refractivity contribution < 1.29 is 14.7 Å². The van der Waals surface area contributed by atoms with E-state index in [9.17, 15) is 9.59 Å². The molecule has 2 aliphatic rings. The molecule has 1 saturated heterocycles. The summed E-state index contributed by atoms with van der Waals surface area (Å²) >= 11 is 0. The Labute approximate surface area is 102 Å². The molecular weight excluding hydrogens is 218 g/mol. The van der Waals surface area contributed by atoms with Gasteiger partial charge in [0.1, 0.15) is 0 Å². The van der Waals surface area contributed by atoms with Gasteiger partial charge in [-0.3, -0.25) is 14.5 Å². The molecule has 1 saturated carbocycles. The average molecular weight is 239 g/mol. The van der Waals surface area contributed by atoms with E-state index < -0.39 is 0 Å². The van der Waals surface area contributed by atoms with Gasteiger partial charge in [-0.25, -0.2) is 0 Å². The monoisotopic (exact) mass is 239 g/mol. The summed E-state index contributed by atoms with van der Waals surface area (Å²) in [6, 6.07) is 0. The van der Waals surface area contributed by atoms with Crippen LogP contribution in [0.5, 0.6) is 0 Å². The number of amides is 2. The third-order valence-electron chi connectivity index (χ3n) is 4.09. The molecule has 1 heterocycles. The number of aliphatic hydroxyl groups excluding tert-OH is 1. The summed E-state index contributed by atoms with van der Waals surface area (Å²) in [7, 11) is 0. The molecule has 4 nitrogen and oxygen atoms in total. The van der Waals surface area contributed by atoms with E-state index in [0.29, 0.717) is 13.0 Å². The van der Waals surface area contributed by atoms with Crippen LogP contribution in [0.2, 0.25) is 0 Å². The van der Waals surface area contributed by atoms with Gasteiger partial charge < -0.3 is 5.11 Å². The molecule has 2 amide bonds. The van der Waals surface area contributed by atoms with Crippen molar-refractivity contribution in [2.24, 2.45) is 5.41 Å². The van der Waals surface area contributed by atoms with Gasteiger partial charge in [-0.1, -0.05) is 12.8 Å². The highest BCUT2D eigenvalue weighted by molar-refractivity contribution is 6.06. The molecule has 1 spiro atoms. The van der Waals surface area contributed by atoms with Crippen molar-refractivity contribution in [3.8, 4) is 0 Å². The molecule has 0 aromatic heterocycles. The van der Waals surface area contributed by atoms with Crippen LogP contribution in [0.25, 0.3) is 0 Å². The maximum atomic E-state index is 12.3. The first kappa shape index (κ1) is 12.6. The fourth-order valence-electron chi connectivity index (χ4n) is 3.09. The molecular formula is C13H21NO3. The van der Waals surface area contributed by atoms with Crippen molar-refractivity contribution in [2.45, 2.75) is 51.4 Å². The molecule has 0 bridgehead atoms. The molecule has 1 aliphatic carbocycles. The Morgan fingerprint density at radius 1 is 1.12 bits per heavy atom. The fraction of sp³-hybridized carbons (Fsp3) is 0.846. The number of carbonyl (C=O) groups excluding carboxylic acids is 2. The summed E-state index contributed by atoms with van der Waals surface area (Å²) in [6.07, 6.45) is 6.83. The third-order valence-corrected chi connectivity index (χ3v) is 4.09. The van der Waals surface area contributed by atoms with E-state index >= 15 is 0 Å². The number of carbonyl (C=O) groups is 2. The molecule has 4 heteroatoms. The van der Waals surface area contributed by atoms with Gasteiger partial charge in [0.15, 0.2) is 0 Å². The Kier molecular flexibility index (Phi) is 3.82. The topological polar surface area (TPSA) is 57.6 Å². The van der Waals surface area contributed by atoms with E-state index in [1.165, 1.54) is 4.90 Å². The second kappa shape index (κ2) is 5.17. The first-order valence-electron chi connectivity index (χ1n) is 6.65. The van der Waals surface area contributed by atoms with Crippen LogP contribution in [0.3, 0.4) is 0 Å². The Hall–Kier alpha value is -0.900. The Balaban J connectivity index is 1.90. The second-order valence-electron chi connectivity index (χ2n) is 5.30. The lowest BCUT2D eigenvalue weighted by Crippen LogP contribution is -2.35. The van der Waals surface area contributed by atoms with Gasteiger partial charge >= 0.3 is 0 Å². The van der Waals surface area contributed by atoms with Gasteiger partial charge in [0.2, 0.25) is 11.8 Å². The molecule has 2 rings (SSSR count).